The minimum absolute atomic E-state index is 0.171. The van der Waals surface area contributed by atoms with E-state index in [1.54, 1.807) is 0 Å². The zero-order valence-electron chi connectivity index (χ0n) is 12.4. The van der Waals surface area contributed by atoms with Gasteiger partial charge < -0.3 is 15.3 Å². The molecule has 1 aliphatic rings. The quantitative estimate of drug-likeness (QED) is 0.774. The van der Waals surface area contributed by atoms with Crippen molar-refractivity contribution < 1.29 is 14.7 Å². The molecule has 0 spiro atoms. The van der Waals surface area contributed by atoms with Crippen molar-refractivity contribution in [2.24, 2.45) is 5.92 Å². The van der Waals surface area contributed by atoms with E-state index >= 15 is 0 Å². The second-order valence-electron chi connectivity index (χ2n) is 6.18. The Balaban J connectivity index is 2.57. The molecule has 19 heavy (non-hydrogen) atoms. The van der Waals surface area contributed by atoms with Crippen molar-refractivity contribution in [3.63, 3.8) is 0 Å². The summed E-state index contributed by atoms with van der Waals surface area (Å²) in [6.45, 7) is 5.30. The molecule has 0 aromatic rings. The van der Waals surface area contributed by atoms with Crippen molar-refractivity contribution in [3.05, 3.63) is 0 Å². The fraction of sp³-hybridized carbons (Fsp3) is 0.857. The third kappa shape index (κ3) is 4.11. The summed E-state index contributed by atoms with van der Waals surface area (Å²) in [4.78, 5) is 24.5. The number of amides is 2. The Bertz CT molecular complexity index is 342. The topological polar surface area (TPSA) is 69.6 Å². The summed E-state index contributed by atoms with van der Waals surface area (Å²) in [5.41, 5.74) is -1.19. The summed E-state index contributed by atoms with van der Waals surface area (Å²) < 4.78 is 0. The minimum Gasteiger partial charge on any atom is -0.480 e. The normalized spacial score (nSPS) is 24.4. The molecule has 5 heteroatoms. The zero-order chi connectivity index (χ0) is 14.6. The summed E-state index contributed by atoms with van der Waals surface area (Å²) in [6, 6.07) is -0.128. The molecule has 2 amide bonds. The average molecular weight is 270 g/mol. The van der Waals surface area contributed by atoms with E-state index in [1.807, 2.05) is 0 Å². The van der Waals surface area contributed by atoms with Gasteiger partial charge in [0.15, 0.2) is 0 Å². The highest BCUT2D eigenvalue weighted by Gasteiger charge is 2.35. The number of hydrogen-bond donors (Lipinski definition) is 2. The van der Waals surface area contributed by atoms with Crippen LogP contribution in [0.15, 0.2) is 0 Å². The standard InChI is InChI=1S/C14H26N2O3/c1-10-6-5-7-11(9-8-10)15-13(19)16(4)14(2,3)12(17)18/h10-11H,5-9H2,1-4H3,(H,15,19)(H,17,18). The van der Waals surface area contributed by atoms with Gasteiger partial charge in [-0.1, -0.05) is 19.8 Å². The molecule has 1 fully saturated rings. The molecule has 0 radical (unpaired) electrons. The monoisotopic (exact) mass is 270 g/mol. The van der Waals surface area contributed by atoms with E-state index in [9.17, 15) is 9.59 Å². The molecule has 0 aliphatic heterocycles. The predicted molar refractivity (Wildman–Crippen MR) is 74.0 cm³/mol. The number of urea groups is 1. The fourth-order valence-corrected chi connectivity index (χ4v) is 2.30. The van der Waals surface area contributed by atoms with Crippen molar-refractivity contribution in [2.75, 3.05) is 7.05 Å². The largest absolute Gasteiger partial charge is 0.480 e. The smallest absolute Gasteiger partial charge is 0.329 e. The number of likely N-dealkylation sites (N-methyl/N-ethyl adjacent to an activating group) is 1. The lowest BCUT2D eigenvalue weighted by atomic mass is 10.0. The minimum atomic E-state index is -1.19. The Labute approximate surface area is 115 Å². The molecule has 0 heterocycles. The predicted octanol–water partition coefficient (Wildman–Crippen LogP) is 2.46. The van der Waals surface area contributed by atoms with Gasteiger partial charge in [-0.2, -0.15) is 0 Å². The third-order valence-electron chi connectivity index (χ3n) is 4.25. The molecule has 0 aromatic heterocycles. The van der Waals surface area contributed by atoms with Crippen LogP contribution in [0.5, 0.6) is 0 Å². The highest BCUT2D eigenvalue weighted by Crippen LogP contribution is 2.23. The second-order valence-corrected chi connectivity index (χ2v) is 6.18. The number of rotatable bonds is 3. The Kier molecular flexibility index (Phi) is 5.20. The Morgan fingerprint density at radius 3 is 2.42 bits per heavy atom. The first kappa shape index (κ1) is 15.8. The van der Waals surface area contributed by atoms with Crippen LogP contribution in [0.4, 0.5) is 4.79 Å². The van der Waals surface area contributed by atoms with E-state index in [0.717, 1.165) is 31.6 Å². The van der Waals surface area contributed by atoms with Crippen LogP contribution in [0.3, 0.4) is 0 Å². The first-order chi connectivity index (χ1) is 8.75. The van der Waals surface area contributed by atoms with Gasteiger partial charge in [0.2, 0.25) is 0 Å². The first-order valence-corrected chi connectivity index (χ1v) is 7.03. The van der Waals surface area contributed by atoms with Gasteiger partial charge >= 0.3 is 12.0 Å². The summed E-state index contributed by atoms with van der Waals surface area (Å²) in [7, 11) is 1.53. The van der Waals surface area contributed by atoms with Crippen LogP contribution < -0.4 is 5.32 Å². The maximum absolute atomic E-state index is 12.1. The molecule has 0 saturated heterocycles. The van der Waals surface area contributed by atoms with Gasteiger partial charge in [-0.3, -0.25) is 0 Å². The highest BCUT2D eigenvalue weighted by molar-refractivity contribution is 5.85. The van der Waals surface area contributed by atoms with Gasteiger partial charge in [0.05, 0.1) is 0 Å². The number of aliphatic carboxylic acids is 1. The van der Waals surface area contributed by atoms with Crippen LogP contribution in [0, 0.1) is 5.92 Å². The summed E-state index contributed by atoms with van der Waals surface area (Å²) in [6.07, 6.45) is 5.42. The third-order valence-corrected chi connectivity index (χ3v) is 4.25. The SMILES string of the molecule is CC1CCCC(NC(=O)N(C)C(C)(C)C(=O)O)CC1. The first-order valence-electron chi connectivity index (χ1n) is 7.03. The van der Waals surface area contributed by atoms with Gasteiger partial charge in [0.1, 0.15) is 5.54 Å². The summed E-state index contributed by atoms with van der Waals surface area (Å²) in [5.74, 6) is -0.283. The lowest BCUT2D eigenvalue weighted by Gasteiger charge is -2.33. The van der Waals surface area contributed by atoms with Crippen molar-refractivity contribution in [1.29, 1.82) is 0 Å². The average Bonchev–Trinajstić information content (AvgIpc) is 2.53. The Hall–Kier alpha value is -1.26. The molecular weight excluding hydrogens is 244 g/mol. The number of hydrogen-bond acceptors (Lipinski definition) is 2. The van der Waals surface area contributed by atoms with Gasteiger partial charge in [-0.15, -0.1) is 0 Å². The molecule has 110 valence electrons. The van der Waals surface area contributed by atoms with E-state index in [4.69, 9.17) is 5.11 Å². The maximum Gasteiger partial charge on any atom is 0.329 e. The molecule has 2 atom stereocenters. The van der Waals surface area contributed by atoms with Crippen molar-refractivity contribution in [1.82, 2.24) is 10.2 Å². The second kappa shape index (κ2) is 6.26. The van der Waals surface area contributed by atoms with Crippen molar-refractivity contribution in [2.45, 2.75) is 64.5 Å². The molecule has 1 saturated carbocycles. The summed E-state index contributed by atoms with van der Waals surface area (Å²) >= 11 is 0. The number of nitrogens with zero attached hydrogens (tertiary/aromatic N) is 1. The van der Waals surface area contributed by atoms with E-state index in [2.05, 4.69) is 12.2 Å². The van der Waals surface area contributed by atoms with Crippen LogP contribution >= 0.6 is 0 Å². The number of carbonyl (C=O) groups excluding carboxylic acids is 1. The van der Waals surface area contributed by atoms with Crippen LogP contribution in [0.1, 0.15) is 52.9 Å². The van der Waals surface area contributed by atoms with Crippen LogP contribution in [0.2, 0.25) is 0 Å². The Morgan fingerprint density at radius 1 is 1.21 bits per heavy atom. The number of carboxylic acids is 1. The molecule has 2 unspecified atom stereocenters. The number of carbonyl (C=O) groups is 2. The van der Waals surface area contributed by atoms with E-state index in [0.29, 0.717) is 0 Å². The van der Waals surface area contributed by atoms with Gasteiger partial charge in [-0.05, 0) is 39.0 Å². The van der Waals surface area contributed by atoms with E-state index in [1.165, 1.54) is 32.2 Å². The lowest BCUT2D eigenvalue weighted by molar-refractivity contribution is -0.146. The highest BCUT2D eigenvalue weighted by atomic mass is 16.4. The Morgan fingerprint density at radius 2 is 1.84 bits per heavy atom. The van der Waals surface area contributed by atoms with Crippen molar-refractivity contribution >= 4 is 12.0 Å². The van der Waals surface area contributed by atoms with Gasteiger partial charge in [-0.25, -0.2) is 9.59 Å². The van der Waals surface area contributed by atoms with E-state index in [-0.39, 0.29) is 12.1 Å². The molecule has 1 rings (SSSR count). The molecule has 2 N–H and O–H groups in total. The summed E-state index contributed by atoms with van der Waals surface area (Å²) in [5, 5.41) is 12.1. The molecule has 0 aromatic carbocycles. The van der Waals surface area contributed by atoms with Crippen LogP contribution in [-0.4, -0.2) is 40.6 Å². The van der Waals surface area contributed by atoms with Gasteiger partial charge in [0.25, 0.3) is 0 Å². The van der Waals surface area contributed by atoms with E-state index < -0.39 is 11.5 Å². The molecule has 5 nitrogen and oxygen atoms in total. The molecular formula is C14H26N2O3. The van der Waals surface area contributed by atoms with Crippen molar-refractivity contribution in [3.8, 4) is 0 Å². The van der Waals surface area contributed by atoms with Crippen LogP contribution in [0.25, 0.3) is 0 Å². The number of nitrogens with one attached hydrogen (secondary N) is 1. The zero-order valence-corrected chi connectivity index (χ0v) is 12.4. The van der Waals surface area contributed by atoms with Gasteiger partial charge in [0, 0.05) is 13.1 Å². The number of carboxylic acid groups (broad SMARTS) is 1. The fourth-order valence-electron chi connectivity index (χ4n) is 2.30. The molecule has 1 aliphatic carbocycles. The lowest BCUT2D eigenvalue weighted by Crippen LogP contribution is -2.55. The molecule has 0 bridgehead atoms. The van der Waals surface area contributed by atoms with Crippen LogP contribution in [-0.2, 0) is 4.79 Å². The maximum atomic E-state index is 12.1.